The molecular formula is C13H17N3O2S. The summed E-state index contributed by atoms with van der Waals surface area (Å²) in [6, 6.07) is 6.65. The number of anilines is 2. The van der Waals surface area contributed by atoms with Crippen molar-refractivity contribution in [2.45, 2.75) is 24.8 Å². The Balaban J connectivity index is 2.18. The molecule has 0 aliphatic carbocycles. The Bertz CT molecular complexity index is 645. The first-order valence-corrected chi connectivity index (χ1v) is 7.98. The predicted octanol–water partition coefficient (Wildman–Crippen LogP) is 2.44. The largest absolute Gasteiger partial charge is 0.326 e. The molecule has 0 saturated carbocycles. The number of hydrogen-bond acceptors (Lipinski definition) is 4. The summed E-state index contributed by atoms with van der Waals surface area (Å²) in [5.41, 5.74) is 0.816. The maximum atomic E-state index is 11.4. The minimum Gasteiger partial charge on any atom is -0.326 e. The maximum absolute atomic E-state index is 11.4. The summed E-state index contributed by atoms with van der Waals surface area (Å²) in [6.45, 7) is 2.99. The first-order valence-electron chi connectivity index (χ1n) is 6.09. The molecule has 0 fully saturated rings. The lowest BCUT2D eigenvalue weighted by atomic mass is 10.3. The second-order valence-corrected chi connectivity index (χ2v) is 6.38. The molecule has 2 aromatic rings. The molecular weight excluding hydrogens is 262 g/mol. The van der Waals surface area contributed by atoms with Crippen LogP contribution in [0, 0.1) is 0 Å². The molecule has 0 unspecified atom stereocenters. The average molecular weight is 279 g/mol. The fraction of sp³-hybridized carbons (Fsp3) is 0.308. The summed E-state index contributed by atoms with van der Waals surface area (Å²) in [5.74, 6) is 0.758. The minimum atomic E-state index is -3.15. The molecule has 0 aliphatic heterocycles. The topological polar surface area (TPSA) is 64.0 Å². The van der Waals surface area contributed by atoms with Gasteiger partial charge in [0.2, 0.25) is 5.95 Å². The van der Waals surface area contributed by atoms with Crippen LogP contribution < -0.4 is 5.32 Å². The van der Waals surface area contributed by atoms with Gasteiger partial charge in [-0.25, -0.2) is 13.4 Å². The van der Waals surface area contributed by atoms with Crippen molar-refractivity contribution in [1.29, 1.82) is 0 Å². The third kappa shape index (κ3) is 3.35. The molecule has 1 aromatic carbocycles. The van der Waals surface area contributed by atoms with Crippen molar-refractivity contribution in [3.05, 3.63) is 36.7 Å². The van der Waals surface area contributed by atoms with E-state index in [1.54, 1.807) is 30.5 Å². The van der Waals surface area contributed by atoms with E-state index < -0.39 is 9.84 Å². The molecule has 0 radical (unpaired) electrons. The van der Waals surface area contributed by atoms with Gasteiger partial charge in [-0.05, 0) is 30.7 Å². The lowest BCUT2D eigenvalue weighted by Crippen LogP contribution is -2.03. The third-order valence-corrected chi connectivity index (χ3v) is 3.85. The SMILES string of the molecule is CCCn1ccnc1Nc1ccc(S(C)(=O)=O)cc1. The molecule has 6 heteroatoms. The van der Waals surface area contributed by atoms with Gasteiger partial charge in [-0.1, -0.05) is 6.92 Å². The number of imidazole rings is 1. The Morgan fingerprint density at radius 2 is 1.95 bits per heavy atom. The van der Waals surface area contributed by atoms with Crippen molar-refractivity contribution in [2.75, 3.05) is 11.6 Å². The molecule has 0 bridgehead atoms. The molecule has 0 saturated heterocycles. The highest BCUT2D eigenvalue weighted by molar-refractivity contribution is 7.90. The van der Waals surface area contributed by atoms with Crippen molar-refractivity contribution in [1.82, 2.24) is 9.55 Å². The smallest absolute Gasteiger partial charge is 0.207 e. The minimum absolute atomic E-state index is 0.315. The van der Waals surface area contributed by atoms with Crippen LogP contribution in [0.25, 0.3) is 0 Å². The summed E-state index contributed by atoms with van der Waals surface area (Å²) in [6.07, 6.45) is 5.88. The average Bonchev–Trinajstić information content (AvgIpc) is 2.77. The Labute approximate surface area is 113 Å². The molecule has 0 aliphatic rings. The van der Waals surface area contributed by atoms with E-state index in [4.69, 9.17) is 0 Å². The van der Waals surface area contributed by atoms with Crippen LogP contribution in [0.3, 0.4) is 0 Å². The van der Waals surface area contributed by atoms with Gasteiger partial charge in [-0.15, -0.1) is 0 Å². The molecule has 0 amide bonds. The van der Waals surface area contributed by atoms with Gasteiger partial charge in [-0.2, -0.15) is 0 Å². The van der Waals surface area contributed by atoms with E-state index in [2.05, 4.69) is 17.2 Å². The van der Waals surface area contributed by atoms with Gasteiger partial charge in [0.15, 0.2) is 9.84 Å². The molecule has 0 spiro atoms. The summed E-state index contributed by atoms with van der Waals surface area (Å²) in [4.78, 5) is 4.55. The van der Waals surface area contributed by atoms with Gasteiger partial charge in [-0.3, -0.25) is 0 Å². The van der Waals surface area contributed by atoms with E-state index in [1.807, 2.05) is 10.8 Å². The van der Waals surface area contributed by atoms with Gasteiger partial charge >= 0.3 is 0 Å². The number of nitrogens with one attached hydrogen (secondary N) is 1. The number of aryl methyl sites for hydroxylation is 1. The second kappa shape index (κ2) is 5.44. The number of nitrogens with zero attached hydrogens (tertiary/aromatic N) is 2. The molecule has 19 heavy (non-hydrogen) atoms. The molecule has 1 heterocycles. The highest BCUT2D eigenvalue weighted by Crippen LogP contribution is 2.18. The quantitative estimate of drug-likeness (QED) is 0.913. The number of benzene rings is 1. The number of rotatable bonds is 5. The van der Waals surface area contributed by atoms with Crippen LogP contribution in [0.15, 0.2) is 41.6 Å². The molecule has 2 rings (SSSR count). The van der Waals surface area contributed by atoms with Crippen LogP contribution in [0.1, 0.15) is 13.3 Å². The Hall–Kier alpha value is -1.82. The van der Waals surface area contributed by atoms with E-state index >= 15 is 0 Å². The first-order chi connectivity index (χ1) is 9.00. The summed E-state index contributed by atoms with van der Waals surface area (Å²) < 4.78 is 24.7. The van der Waals surface area contributed by atoms with Crippen LogP contribution in [0.2, 0.25) is 0 Å². The summed E-state index contributed by atoms with van der Waals surface area (Å²) in [7, 11) is -3.15. The highest BCUT2D eigenvalue weighted by Gasteiger charge is 2.07. The number of aromatic nitrogens is 2. The first kappa shape index (κ1) is 13.6. The van der Waals surface area contributed by atoms with E-state index in [-0.39, 0.29) is 0 Å². The standard InChI is InChI=1S/C13H17N3O2S/c1-3-9-16-10-8-14-13(16)15-11-4-6-12(7-5-11)19(2,17)18/h4-8,10H,3,9H2,1-2H3,(H,14,15). The van der Waals surface area contributed by atoms with Gasteiger partial charge in [0.25, 0.3) is 0 Å². The normalized spacial score (nSPS) is 11.5. The van der Waals surface area contributed by atoms with Gasteiger partial charge in [0.1, 0.15) is 0 Å². The molecule has 5 nitrogen and oxygen atoms in total. The maximum Gasteiger partial charge on any atom is 0.207 e. The fourth-order valence-corrected chi connectivity index (χ4v) is 2.40. The Morgan fingerprint density at radius 1 is 1.26 bits per heavy atom. The van der Waals surface area contributed by atoms with Crippen LogP contribution in [0.4, 0.5) is 11.6 Å². The zero-order valence-corrected chi connectivity index (χ0v) is 11.8. The Morgan fingerprint density at radius 3 is 2.53 bits per heavy atom. The van der Waals surface area contributed by atoms with Crippen LogP contribution in [-0.4, -0.2) is 24.2 Å². The number of sulfone groups is 1. The van der Waals surface area contributed by atoms with E-state index in [1.165, 1.54) is 6.26 Å². The van der Waals surface area contributed by atoms with E-state index in [0.29, 0.717) is 4.90 Å². The molecule has 1 aromatic heterocycles. The van der Waals surface area contributed by atoms with Crippen LogP contribution >= 0.6 is 0 Å². The highest BCUT2D eigenvalue weighted by atomic mass is 32.2. The fourth-order valence-electron chi connectivity index (χ4n) is 1.77. The summed E-state index contributed by atoms with van der Waals surface area (Å²) >= 11 is 0. The lowest BCUT2D eigenvalue weighted by molar-refractivity contribution is 0.602. The van der Waals surface area contributed by atoms with Crippen molar-refractivity contribution in [3.8, 4) is 0 Å². The lowest BCUT2D eigenvalue weighted by Gasteiger charge is -2.09. The second-order valence-electron chi connectivity index (χ2n) is 4.37. The third-order valence-electron chi connectivity index (χ3n) is 2.72. The van der Waals surface area contributed by atoms with Gasteiger partial charge in [0.05, 0.1) is 4.90 Å². The van der Waals surface area contributed by atoms with Gasteiger partial charge in [0, 0.05) is 30.9 Å². The molecule has 0 atom stereocenters. The number of hydrogen-bond donors (Lipinski definition) is 1. The summed E-state index contributed by atoms with van der Waals surface area (Å²) in [5, 5.41) is 3.17. The van der Waals surface area contributed by atoms with Crippen molar-refractivity contribution < 1.29 is 8.42 Å². The van der Waals surface area contributed by atoms with Crippen molar-refractivity contribution in [3.63, 3.8) is 0 Å². The van der Waals surface area contributed by atoms with E-state index in [9.17, 15) is 8.42 Å². The predicted molar refractivity (Wildman–Crippen MR) is 75.4 cm³/mol. The van der Waals surface area contributed by atoms with Crippen molar-refractivity contribution in [2.24, 2.45) is 0 Å². The molecule has 102 valence electrons. The molecule has 1 N–H and O–H groups in total. The van der Waals surface area contributed by atoms with Crippen LogP contribution in [-0.2, 0) is 16.4 Å². The van der Waals surface area contributed by atoms with Crippen molar-refractivity contribution >= 4 is 21.5 Å². The van der Waals surface area contributed by atoms with Gasteiger partial charge < -0.3 is 9.88 Å². The monoisotopic (exact) mass is 279 g/mol. The van der Waals surface area contributed by atoms with Crippen LogP contribution in [0.5, 0.6) is 0 Å². The zero-order chi connectivity index (χ0) is 13.9. The Kier molecular flexibility index (Phi) is 3.90. The van der Waals surface area contributed by atoms with E-state index in [0.717, 1.165) is 24.6 Å². The zero-order valence-electron chi connectivity index (χ0n) is 11.0.